The van der Waals surface area contributed by atoms with E-state index >= 15 is 0 Å². The number of hydrogen-bond donors (Lipinski definition) is 1. The van der Waals surface area contributed by atoms with Crippen molar-refractivity contribution in [2.24, 2.45) is 0 Å². The second kappa shape index (κ2) is 8.83. The molecular weight excluding hydrogens is 326 g/mol. The molecule has 1 atom stereocenters. The Hall–Kier alpha value is -0.490. The highest BCUT2D eigenvalue weighted by molar-refractivity contribution is 6.42. The lowest BCUT2D eigenvalue weighted by Crippen LogP contribution is -2.25. The normalized spacial score (nSPS) is 13.4. The van der Waals surface area contributed by atoms with Crippen LogP contribution in [0.5, 0.6) is 0 Å². The molecule has 120 valence electrons. The first-order valence-corrected chi connectivity index (χ1v) is 7.42. The molecule has 0 saturated heterocycles. The van der Waals surface area contributed by atoms with Gasteiger partial charge in [0.15, 0.2) is 0 Å². The van der Waals surface area contributed by atoms with Crippen LogP contribution in [0.25, 0.3) is 0 Å². The lowest BCUT2D eigenvalue weighted by Gasteiger charge is -2.20. The molecule has 1 aromatic carbocycles. The molecule has 1 unspecified atom stereocenters. The molecule has 1 aromatic rings. The Morgan fingerprint density at radius 3 is 2.52 bits per heavy atom. The Balaban J connectivity index is 2.60. The van der Waals surface area contributed by atoms with Gasteiger partial charge < -0.3 is 10.1 Å². The van der Waals surface area contributed by atoms with Gasteiger partial charge in [0.25, 0.3) is 0 Å². The van der Waals surface area contributed by atoms with E-state index < -0.39 is 12.8 Å². The summed E-state index contributed by atoms with van der Waals surface area (Å²) in [6, 6.07) is 5.09. The van der Waals surface area contributed by atoms with Gasteiger partial charge in [-0.2, -0.15) is 13.2 Å². The van der Waals surface area contributed by atoms with Crippen LogP contribution >= 0.6 is 23.2 Å². The highest BCUT2D eigenvalue weighted by Crippen LogP contribution is 2.27. The smallest absolute Gasteiger partial charge is 0.372 e. The molecule has 1 N–H and O–H groups in total. The van der Waals surface area contributed by atoms with Gasteiger partial charge in [-0.15, -0.1) is 0 Å². The molecule has 0 amide bonds. The summed E-state index contributed by atoms with van der Waals surface area (Å²) in [6.07, 6.45) is -2.95. The van der Waals surface area contributed by atoms with Gasteiger partial charge in [0.05, 0.1) is 10.0 Å². The van der Waals surface area contributed by atoms with Crippen LogP contribution in [0.4, 0.5) is 13.2 Å². The highest BCUT2D eigenvalue weighted by atomic mass is 35.5. The van der Waals surface area contributed by atoms with E-state index in [0.29, 0.717) is 16.5 Å². The fraction of sp³-hybridized carbons (Fsp3) is 0.571. The summed E-state index contributed by atoms with van der Waals surface area (Å²) >= 11 is 11.8. The van der Waals surface area contributed by atoms with Gasteiger partial charge in [0.1, 0.15) is 6.61 Å². The van der Waals surface area contributed by atoms with E-state index in [4.69, 9.17) is 23.2 Å². The molecule has 0 aliphatic heterocycles. The molecule has 2 nitrogen and oxygen atoms in total. The largest absolute Gasteiger partial charge is 0.411 e. The second-order valence-electron chi connectivity index (χ2n) is 4.64. The Morgan fingerprint density at radius 2 is 1.95 bits per heavy atom. The molecule has 0 aliphatic carbocycles. The average Bonchev–Trinajstić information content (AvgIpc) is 2.40. The van der Waals surface area contributed by atoms with Crippen molar-refractivity contribution in [3.63, 3.8) is 0 Å². The maximum absolute atomic E-state index is 12.0. The third-order valence-corrected chi connectivity index (χ3v) is 3.54. The van der Waals surface area contributed by atoms with Crippen LogP contribution in [0.3, 0.4) is 0 Å². The molecule has 0 aromatic heterocycles. The molecular formula is C14H18Cl2F3NO. The van der Waals surface area contributed by atoms with E-state index in [1.54, 1.807) is 12.1 Å². The zero-order valence-corrected chi connectivity index (χ0v) is 13.2. The molecule has 21 heavy (non-hydrogen) atoms. The fourth-order valence-corrected chi connectivity index (χ4v) is 2.13. The Kier molecular flexibility index (Phi) is 7.81. The number of alkyl halides is 3. The van der Waals surface area contributed by atoms with Gasteiger partial charge in [-0.05, 0) is 37.1 Å². The number of halogens is 5. The predicted molar refractivity (Wildman–Crippen MR) is 79.0 cm³/mol. The van der Waals surface area contributed by atoms with Gasteiger partial charge >= 0.3 is 6.18 Å². The number of hydrogen-bond acceptors (Lipinski definition) is 2. The Labute approximate surface area is 132 Å². The summed E-state index contributed by atoms with van der Waals surface area (Å²) < 4.78 is 40.8. The first-order chi connectivity index (χ1) is 9.83. The summed E-state index contributed by atoms with van der Waals surface area (Å²) in [4.78, 5) is 0. The summed E-state index contributed by atoms with van der Waals surface area (Å²) in [6.45, 7) is 1.55. The zero-order valence-electron chi connectivity index (χ0n) is 11.6. The number of rotatable bonds is 8. The number of ether oxygens (including phenoxy) is 1. The Morgan fingerprint density at radius 1 is 1.24 bits per heavy atom. The lowest BCUT2D eigenvalue weighted by atomic mass is 10.0. The SMILES string of the molecule is CCCNC(CCOCC(F)(F)F)c1ccc(Cl)c(Cl)c1. The standard InChI is InChI=1S/C14H18Cl2F3NO/c1-2-6-20-13(5-7-21-9-14(17,18)19)10-3-4-11(15)12(16)8-10/h3-4,8,13,20H,2,5-7,9H2,1H3. The molecule has 0 aliphatic rings. The monoisotopic (exact) mass is 343 g/mol. The van der Waals surface area contributed by atoms with Crippen LogP contribution in [0, 0.1) is 0 Å². The van der Waals surface area contributed by atoms with Crippen molar-refractivity contribution >= 4 is 23.2 Å². The van der Waals surface area contributed by atoms with Gasteiger partial charge in [-0.1, -0.05) is 36.2 Å². The minimum absolute atomic E-state index is 0.0150. The summed E-state index contributed by atoms with van der Waals surface area (Å²) in [5, 5.41) is 4.14. The van der Waals surface area contributed by atoms with Crippen molar-refractivity contribution in [3.8, 4) is 0 Å². The van der Waals surface area contributed by atoms with Crippen LogP contribution in [0.1, 0.15) is 31.4 Å². The molecule has 0 radical (unpaired) electrons. The first-order valence-electron chi connectivity index (χ1n) is 6.66. The number of benzene rings is 1. The quantitative estimate of drug-likeness (QED) is 0.670. The molecule has 0 heterocycles. The van der Waals surface area contributed by atoms with Gasteiger partial charge in [0.2, 0.25) is 0 Å². The van der Waals surface area contributed by atoms with E-state index in [-0.39, 0.29) is 12.6 Å². The van der Waals surface area contributed by atoms with Crippen molar-refractivity contribution in [1.29, 1.82) is 0 Å². The molecule has 0 fully saturated rings. The molecule has 7 heteroatoms. The highest BCUT2D eigenvalue weighted by Gasteiger charge is 2.27. The summed E-state index contributed by atoms with van der Waals surface area (Å²) in [5.74, 6) is 0. The van der Waals surface area contributed by atoms with Crippen molar-refractivity contribution in [2.75, 3.05) is 19.8 Å². The van der Waals surface area contributed by atoms with Crippen LogP contribution in [-0.2, 0) is 4.74 Å². The average molecular weight is 344 g/mol. The fourth-order valence-electron chi connectivity index (χ4n) is 1.82. The first kappa shape index (κ1) is 18.6. The molecule has 0 bridgehead atoms. The van der Waals surface area contributed by atoms with Gasteiger partial charge in [-0.3, -0.25) is 0 Å². The minimum Gasteiger partial charge on any atom is -0.372 e. The number of nitrogens with one attached hydrogen (secondary N) is 1. The lowest BCUT2D eigenvalue weighted by molar-refractivity contribution is -0.174. The third-order valence-electron chi connectivity index (χ3n) is 2.80. The second-order valence-corrected chi connectivity index (χ2v) is 5.45. The van der Waals surface area contributed by atoms with Crippen LogP contribution in [0.15, 0.2) is 18.2 Å². The van der Waals surface area contributed by atoms with E-state index in [9.17, 15) is 13.2 Å². The molecule has 1 rings (SSSR count). The van der Waals surface area contributed by atoms with E-state index in [0.717, 1.165) is 18.5 Å². The maximum Gasteiger partial charge on any atom is 0.411 e. The summed E-state index contributed by atoms with van der Waals surface area (Å²) in [5.41, 5.74) is 0.883. The van der Waals surface area contributed by atoms with Crippen LogP contribution < -0.4 is 5.32 Å². The van der Waals surface area contributed by atoms with E-state index in [1.165, 1.54) is 0 Å². The molecule has 0 saturated carbocycles. The zero-order chi connectivity index (χ0) is 15.9. The van der Waals surface area contributed by atoms with Gasteiger partial charge in [0, 0.05) is 12.6 Å². The topological polar surface area (TPSA) is 21.3 Å². The van der Waals surface area contributed by atoms with E-state index in [1.807, 2.05) is 13.0 Å². The third kappa shape index (κ3) is 7.36. The van der Waals surface area contributed by atoms with E-state index in [2.05, 4.69) is 10.1 Å². The minimum atomic E-state index is -4.30. The molecule has 0 spiro atoms. The Bertz CT molecular complexity index is 441. The van der Waals surface area contributed by atoms with Crippen molar-refractivity contribution < 1.29 is 17.9 Å². The van der Waals surface area contributed by atoms with Crippen molar-refractivity contribution in [2.45, 2.75) is 32.0 Å². The summed E-state index contributed by atoms with van der Waals surface area (Å²) in [7, 11) is 0. The van der Waals surface area contributed by atoms with Crippen LogP contribution in [0.2, 0.25) is 10.0 Å². The maximum atomic E-state index is 12.0. The van der Waals surface area contributed by atoms with Crippen molar-refractivity contribution in [3.05, 3.63) is 33.8 Å². The van der Waals surface area contributed by atoms with Crippen molar-refractivity contribution in [1.82, 2.24) is 5.32 Å². The van der Waals surface area contributed by atoms with Gasteiger partial charge in [-0.25, -0.2) is 0 Å². The predicted octanol–water partition coefficient (Wildman–Crippen LogP) is 5.00. The van der Waals surface area contributed by atoms with Crippen LogP contribution in [-0.4, -0.2) is 25.9 Å².